The Morgan fingerprint density at radius 3 is 3.15 bits per heavy atom. The molecule has 0 atom stereocenters. The molecule has 2 heterocycles. The highest BCUT2D eigenvalue weighted by atomic mass is 16.5. The van der Waals surface area contributed by atoms with Gasteiger partial charge >= 0.3 is 0 Å². The van der Waals surface area contributed by atoms with Gasteiger partial charge in [-0.1, -0.05) is 18.2 Å². The smallest absolute Gasteiger partial charge is 0.272 e. The molecular weight excluding hydrogens is 254 g/mol. The molecule has 1 aliphatic rings. The second-order valence-corrected chi connectivity index (χ2v) is 4.58. The zero-order chi connectivity index (χ0) is 14.1. The minimum atomic E-state index is -0.204. The number of aromatic nitrogens is 2. The van der Waals surface area contributed by atoms with Crippen molar-refractivity contribution in [3.8, 4) is 17.0 Å². The van der Waals surface area contributed by atoms with Crippen LogP contribution in [0.25, 0.3) is 11.3 Å². The minimum absolute atomic E-state index is 0.204. The van der Waals surface area contributed by atoms with Crippen molar-refractivity contribution in [2.24, 2.45) is 7.05 Å². The molecule has 102 valence electrons. The molecule has 20 heavy (non-hydrogen) atoms. The van der Waals surface area contributed by atoms with Gasteiger partial charge in [-0.3, -0.25) is 9.48 Å². The van der Waals surface area contributed by atoms with Gasteiger partial charge in [0.05, 0.1) is 5.69 Å². The first-order valence-corrected chi connectivity index (χ1v) is 6.39. The van der Waals surface area contributed by atoms with Crippen molar-refractivity contribution in [2.75, 3.05) is 6.54 Å². The topological polar surface area (TPSA) is 56.2 Å². The summed E-state index contributed by atoms with van der Waals surface area (Å²) in [6.07, 6.45) is 1.64. The maximum absolute atomic E-state index is 12.1. The normalized spacial score (nSPS) is 12.1. The Kier molecular flexibility index (Phi) is 3.02. The first-order valence-electron chi connectivity index (χ1n) is 6.39. The van der Waals surface area contributed by atoms with E-state index in [-0.39, 0.29) is 5.91 Å². The summed E-state index contributed by atoms with van der Waals surface area (Å²) in [5.74, 6) is 0.616. The predicted molar refractivity (Wildman–Crippen MR) is 75.5 cm³/mol. The van der Waals surface area contributed by atoms with E-state index in [2.05, 4.69) is 17.0 Å². The second kappa shape index (κ2) is 4.85. The Morgan fingerprint density at radius 1 is 1.55 bits per heavy atom. The first kappa shape index (κ1) is 12.5. The van der Waals surface area contributed by atoms with Crippen LogP contribution in [0.2, 0.25) is 0 Å². The number of fused-ring (bicyclic) bond motifs is 3. The molecule has 2 aromatic rings. The molecule has 5 heteroatoms. The van der Waals surface area contributed by atoms with Crippen LogP contribution in [-0.2, 0) is 13.7 Å². The lowest BCUT2D eigenvalue weighted by Crippen LogP contribution is -2.25. The zero-order valence-corrected chi connectivity index (χ0v) is 11.2. The van der Waals surface area contributed by atoms with Crippen LogP contribution in [0.4, 0.5) is 0 Å². The van der Waals surface area contributed by atoms with E-state index in [1.165, 1.54) is 0 Å². The summed E-state index contributed by atoms with van der Waals surface area (Å²) >= 11 is 0. The molecule has 0 radical (unpaired) electrons. The summed E-state index contributed by atoms with van der Waals surface area (Å²) in [4.78, 5) is 12.1. The fourth-order valence-electron chi connectivity index (χ4n) is 2.41. The average molecular weight is 269 g/mol. The van der Waals surface area contributed by atoms with E-state index < -0.39 is 0 Å². The van der Waals surface area contributed by atoms with Crippen LogP contribution in [0.5, 0.6) is 5.75 Å². The number of ether oxygens (including phenoxy) is 1. The maximum Gasteiger partial charge on any atom is 0.272 e. The number of hydrogen-bond acceptors (Lipinski definition) is 3. The summed E-state index contributed by atoms with van der Waals surface area (Å²) < 4.78 is 7.44. The lowest BCUT2D eigenvalue weighted by Gasteiger charge is -2.18. The van der Waals surface area contributed by atoms with E-state index in [1.54, 1.807) is 10.8 Å². The van der Waals surface area contributed by atoms with Crippen LogP contribution in [0, 0.1) is 0 Å². The fraction of sp³-hybridized carbons (Fsp3) is 0.200. The Bertz CT molecular complexity index is 688. The Labute approximate surface area is 116 Å². The average Bonchev–Trinajstić information content (AvgIpc) is 2.82. The van der Waals surface area contributed by atoms with Crippen molar-refractivity contribution < 1.29 is 9.53 Å². The predicted octanol–water partition coefficient (Wildman–Crippen LogP) is 1.90. The van der Waals surface area contributed by atoms with Gasteiger partial charge in [0.1, 0.15) is 12.4 Å². The van der Waals surface area contributed by atoms with Crippen molar-refractivity contribution in [1.29, 1.82) is 0 Å². The minimum Gasteiger partial charge on any atom is -0.488 e. The molecule has 0 fully saturated rings. The standard InChI is InChI=1S/C15H15N3O2/c1-3-8-16-15(19)13-11-9-20-12-7-5-4-6-10(12)14(11)18(2)17-13/h3-7H,1,8-9H2,2H3,(H,16,19). The quantitative estimate of drug-likeness (QED) is 0.866. The SMILES string of the molecule is C=CCNC(=O)c1nn(C)c2c1COc1ccccc1-2. The molecular formula is C15H15N3O2. The fourth-order valence-corrected chi connectivity index (χ4v) is 2.41. The lowest BCUT2D eigenvalue weighted by molar-refractivity contribution is 0.0950. The van der Waals surface area contributed by atoms with Crippen molar-refractivity contribution in [1.82, 2.24) is 15.1 Å². The second-order valence-electron chi connectivity index (χ2n) is 4.58. The van der Waals surface area contributed by atoms with E-state index in [0.29, 0.717) is 18.8 Å². The van der Waals surface area contributed by atoms with Gasteiger partial charge in [-0.2, -0.15) is 5.10 Å². The van der Waals surface area contributed by atoms with Crippen molar-refractivity contribution in [2.45, 2.75) is 6.61 Å². The molecule has 0 saturated heterocycles. The monoisotopic (exact) mass is 269 g/mol. The molecule has 3 rings (SSSR count). The largest absolute Gasteiger partial charge is 0.488 e. The maximum atomic E-state index is 12.1. The van der Waals surface area contributed by atoms with Crippen LogP contribution in [0.1, 0.15) is 16.1 Å². The molecule has 1 aromatic carbocycles. The Balaban J connectivity index is 2.07. The molecule has 0 spiro atoms. The van der Waals surface area contributed by atoms with Gasteiger partial charge < -0.3 is 10.1 Å². The van der Waals surface area contributed by atoms with Gasteiger partial charge in [0.15, 0.2) is 5.69 Å². The molecule has 5 nitrogen and oxygen atoms in total. The Hall–Kier alpha value is -2.56. The van der Waals surface area contributed by atoms with Crippen LogP contribution in [0.3, 0.4) is 0 Å². The number of rotatable bonds is 3. The van der Waals surface area contributed by atoms with Crippen molar-refractivity contribution in [3.05, 3.63) is 48.2 Å². The molecule has 1 amide bonds. The Morgan fingerprint density at radius 2 is 2.35 bits per heavy atom. The number of para-hydroxylation sites is 1. The van der Waals surface area contributed by atoms with E-state index in [0.717, 1.165) is 22.6 Å². The molecule has 0 aliphatic carbocycles. The highest BCUT2D eigenvalue weighted by Crippen LogP contribution is 2.38. The van der Waals surface area contributed by atoms with Crippen LogP contribution < -0.4 is 10.1 Å². The summed E-state index contributed by atoms with van der Waals surface area (Å²) in [6.45, 7) is 4.36. The number of hydrogen-bond donors (Lipinski definition) is 1. The summed E-state index contributed by atoms with van der Waals surface area (Å²) in [7, 11) is 1.84. The number of benzene rings is 1. The van der Waals surface area contributed by atoms with Gasteiger partial charge in [0.25, 0.3) is 5.91 Å². The van der Waals surface area contributed by atoms with E-state index in [9.17, 15) is 4.79 Å². The van der Waals surface area contributed by atoms with Gasteiger partial charge in [-0.25, -0.2) is 0 Å². The van der Waals surface area contributed by atoms with E-state index in [1.807, 2.05) is 31.3 Å². The zero-order valence-electron chi connectivity index (χ0n) is 11.2. The third-order valence-corrected chi connectivity index (χ3v) is 3.28. The highest BCUT2D eigenvalue weighted by Gasteiger charge is 2.27. The summed E-state index contributed by atoms with van der Waals surface area (Å²) in [5, 5.41) is 7.08. The number of nitrogens with one attached hydrogen (secondary N) is 1. The van der Waals surface area contributed by atoms with Crippen LogP contribution in [-0.4, -0.2) is 22.2 Å². The molecule has 0 unspecified atom stereocenters. The van der Waals surface area contributed by atoms with E-state index >= 15 is 0 Å². The van der Waals surface area contributed by atoms with Crippen LogP contribution >= 0.6 is 0 Å². The molecule has 1 N–H and O–H groups in total. The highest BCUT2D eigenvalue weighted by molar-refractivity contribution is 5.96. The van der Waals surface area contributed by atoms with Gasteiger partial charge in [-0.05, 0) is 12.1 Å². The third-order valence-electron chi connectivity index (χ3n) is 3.28. The number of carbonyl (C=O) groups is 1. The van der Waals surface area contributed by atoms with Crippen molar-refractivity contribution in [3.63, 3.8) is 0 Å². The van der Waals surface area contributed by atoms with Crippen LogP contribution in [0.15, 0.2) is 36.9 Å². The number of aryl methyl sites for hydroxylation is 1. The summed E-state index contributed by atoms with van der Waals surface area (Å²) in [5.41, 5.74) is 3.15. The molecule has 0 bridgehead atoms. The number of carbonyl (C=O) groups excluding carboxylic acids is 1. The van der Waals surface area contributed by atoms with Crippen molar-refractivity contribution >= 4 is 5.91 Å². The lowest BCUT2D eigenvalue weighted by atomic mass is 10.0. The van der Waals surface area contributed by atoms with E-state index in [4.69, 9.17) is 4.74 Å². The summed E-state index contributed by atoms with van der Waals surface area (Å²) in [6, 6.07) is 7.77. The first-order chi connectivity index (χ1) is 9.72. The molecule has 1 aromatic heterocycles. The number of nitrogens with zero attached hydrogens (tertiary/aromatic N) is 2. The molecule has 1 aliphatic heterocycles. The van der Waals surface area contributed by atoms with Gasteiger partial charge in [0, 0.05) is 24.7 Å². The number of amides is 1. The third kappa shape index (κ3) is 1.87. The van der Waals surface area contributed by atoms with Gasteiger partial charge in [-0.15, -0.1) is 6.58 Å². The molecule has 0 saturated carbocycles. The van der Waals surface area contributed by atoms with Gasteiger partial charge in [0.2, 0.25) is 0 Å².